The molecule has 0 atom stereocenters. The average molecular weight is 418 g/mol. The maximum atomic E-state index is 5.50. The molecule has 1 saturated heterocycles. The number of aromatic nitrogens is 2. The number of hydrogen-bond acceptors (Lipinski definition) is 7. The Balaban J connectivity index is 1.28. The Morgan fingerprint density at radius 2 is 1.74 bits per heavy atom. The van der Waals surface area contributed by atoms with Crippen LogP contribution in [0.4, 0.5) is 17.3 Å². The van der Waals surface area contributed by atoms with Crippen molar-refractivity contribution in [2.24, 2.45) is 0 Å². The van der Waals surface area contributed by atoms with Crippen molar-refractivity contribution in [3.05, 3.63) is 65.5 Å². The second-order valence-electron chi connectivity index (χ2n) is 8.15. The summed E-state index contributed by atoms with van der Waals surface area (Å²) in [6, 6.07) is 14.5. The topological polar surface area (TPSA) is 62.8 Å². The molecule has 2 aromatic carbocycles. The predicted molar refractivity (Wildman–Crippen MR) is 122 cm³/mol. The number of anilines is 3. The molecule has 0 radical (unpaired) electrons. The summed E-state index contributed by atoms with van der Waals surface area (Å²) in [7, 11) is 2.17. The number of nitrogens with one attached hydrogen (secondary N) is 1. The van der Waals surface area contributed by atoms with Crippen LogP contribution >= 0.6 is 0 Å². The van der Waals surface area contributed by atoms with Gasteiger partial charge in [-0.3, -0.25) is 0 Å². The van der Waals surface area contributed by atoms with E-state index in [9.17, 15) is 0 Å². The molecule has 1 N–H and O–H groups in total. The minimum atomic E-state index is 0.285. The zero-order chi connectivity index (χ0) is 21.2. The Labute approximate surface area is 182 Å². The third-order valence-electron chi connectivity index (χ3n) is 5.88. The van der Waals surface area contributed by atoms with Crippen LogP contribution in [-0.4, -0.2) is 54.9 Å². The van der Waals surface area contributed by atoms with Crippen LogP contribution in [0.2, 0.25) is 0 Å². The van der Waals surface area contributed by atoms with Crippen LogP contribution < -0.4 is 19.7 Å². The Bertz CT molecular complexity index is 1060. The Morgan fingerprint density at radius 3 is 2.55 bits per heavy atom. The van der Waals surface area contributed by atoms with Crippen LogP contribution in [0.25, 0.3) is 0 Å². The highest BCUT2D eigenvalue weighted by molar-refractivity contribution is 5.59. The zero-order valence-electron chi connectivity index (χ0n) is 18.0. The van der Waals surface area contributed by atoms with Gasteiger partial charge < -0.3 is 24.6 Å². The van der Waals surface area contributed by atoms with Gasteiger partial charge in [0.05, 0.1) is 5.69 Å². The first-order chi connectivity index (χ1) is 15.1. The van der Waals surface area contributed by atoms with E-state index < -0.39 is 0 Å². The molecule has 1 aromatic heterocycles. The first-order valence-corrected chi connectivity index (χ1v) is 10.7. The molecule has 3 aromatic rings. The Hall–Kier alpha value is -3.32. The summed E-state index contributed by atoms with van der Waals surface area (Å²) in [6.07, 6.45) is 2.58. The van der Waals surface area contributed by atoms with Crippen molar-refractivity contribution in [3.63, 3.8) is 0 Å². The largest absolute Gasteiger partial charge is 0.454 e. The first-order valence-electron chi connectivity index (χ1n) is 10.7. The van der Waals surface area contributed by atoms with Crippen LogP contribution in [0.15, 0.2) is 48.7 Å². The van der Waals surface area contributed by atoms with Crippen molar-refractivity contribution in [1.82, 2.24) is 14.9 Å². The van der Waals surface area contributed by atoms with Crippen LogP contribution in [0.3, 0.4) is 0 Å². The molecular formula is C24H27N5O2. The van der Waals surface area contributed by atoms with Gasteiger partial charge in [0.15, 0.2) is 11.5 Å². The molecule has 0 saturated carbocycles. The lowest BCUT2D eigenvalue weighted by molar-refractivity contribution is 0.174. The van der Waals surface area contributed by atoms with E-state index in [1.165, 1.54) is 5.69 Å². The summed E-state index contributed by atoms with van der Waals surface area (Å²) >= 11 is 0. The molecule has 0 aliphatic carbocycles. The van der Waals surface area contributed by atoms with Crippen LogP contribution in [0, 0.1) is 6.92 Å². The molecular weight excluding hydrogens is 390 g/mol. The van der Waals surface area contributed by atoms with E-state index in [2.05, 4.69) is 57.5 Å². The third kappa shape index (κ3) is 4.41. The fraction of sp³-hybridized carbons (Fsp3) is 0.333. The van der Waals surface area contributed by atoms with E-state index in [0.29, 0.717) is 12.4 Å². The van der Waals surface area contributed by atoms with Crippen molar-refractivity contribution in [1.29, 1.82) is 0 Å². The second-order valence-corrected chi connectivity index (χ2v) is 8.15. The summed E-state index contributed by atoms with van der Waals surface area (Å²) in [5, 5.41) is 3.34. The normalized spacial score (nSPS) is 15.9. The number of aryl methyl sites for hydroxylation is 1. The molecule has 1 fully saturated rings. The number of likely N-dealkylation sites (N-methyl/N-ethyl adjacent to an activating group) is 1. The van der Waals surface area contributed by atoms with Gasteiger partial charge in [0, 0.05) is 50.2 Å². The second kappa shape index (κ2) is 8.43. The predicted octanol–water partition coefficient (Wildman–Crippen LogP) is 3.60. The quantitative estimate of drug-likeness (QED) is 0.681. The van der Waals surface area contributed by atoms with E-state index in [0.717, 1.165) is 60.2 Å². The lowest BCUT2D eigenvalue weighted by Crippen LogP contribution is -2.44. The van der Waals surface area contributed by atoms with Crippen LogP contribution in [0.5, 0.6) is 11.5 Å². The number of rotatable bonds is 5. The van der Waals surface area contributed by atoms with Crippen LogP contribution in [0.1, 0.15) is 16.8 Å². The van der Waals surface area contributed by atoms with E-state index in [-0.39, 0.29) is 6.79 Å². The fourth-order valence-electron chi connectivity index (χ4n) is 3.91. The molecule has 3 heterocycles. The molecule has 160 valence electrons. The first kappa shape index (κ1) is 19.6. The molecule has 0 unspecified atom stereocenters. The number of piperazine rings is 1. The van der Waals surface area contributed by atoms with Gasteiger partial charge in [0.1, 0.15) is 0 Å². The fourth-order valence-corrected chi connectivity index (χ4v) is 3.91. The highest BCUT2D eigenvalue weighted by atomic mass is 16.7. The molecule has 0 spiro atoms. The molecule has 31 heavy (non-hydrogen) atoms. The van der Waals surface area contributed by atoms with Crippen molar-refractivity contribution < 1.29 is 9.47 Å². The van der Waals surface area contributed by atoms with Crippen LogP contribution in [-0.2, 0) is 6.42 Å². The summed E-state index contributed by atoms with van der Waals surface area (Å²) in [6.45, 7) is 6.65. The van der Waals surface area contributed by atoms with E-state index in [4.69, 9.17) is 14.5 Å². The van der Waals surface area contributed by atoms with Gasteiger partial charge >= 0.3 is 0 Å². The average Bonchev–Trinajstić information content (AvgIpc) is 3.25. The maximum Gasteiger partial charge on any atom is 0.231 e. The van der Waals surface area contributed by atoms with Gasteiger partial charge in [-0.2, -0.15) is 0 Å². The minimum absolute atomic E-state index is 0.285. The Morgan fingerprint density at radius 1 is 0.968 bits per heavy atom. The monoisotopic (exact) mass is 417 g/mol. The van der Waals surface area contributed by atoms with Crippen molar-refractivity contribution in [2.75, 3.05) is 50.2 Å². The van der Waals surface area contributed by atoms with Gasteiger partial charge in [-0.05, 0) is 61.5 Å². The van der Waals surface area contributed by atoms with Gasteiger partial charge in [-0.1, -0.05) is 6.07 Å². The summed E-state index contributed by atoms with van der Waals surface area (Å²) < 4.78 is 10.9. The standard InChI is InChI=1S/C24H27N5O2/c1-17-15-25-24(27-21(17)13-18-3-8-22-23(14-18)31-16-30-22)26-19-4-6-20(7-5-19)29-11-9-28(2)10-12-29/h3-8,14-15H,9-13,16H2,1-2H3,(H,25,26,27). The van der Waals surface area contributed by atoms with Gasteiger partial charge in [-0.15, -0.1) is 0 Å². The van der Waals surface area contributed by atoms with Gasteiger partial charge in [-0.25, -0.2) is 9.97 Å². The van der Waals surface area contributed by atoms with Crippen molar-refractivity contribution >= 4 is 17.3 Å². The highest BCUT2D eigenvalue weighted by Gasteiger charge is 2.15. The lowest BCUT2D eigenvalue weighted by Gasteiger charge is -2.34. The maximum absolute atomic E-state index is 5.50. The van der Waals surface area contributed by atoms with E-state index in [1.54, 1.807) is 0 Å². The molecule has 7 nitrogen and oxygen atoms in total. The van der Waals surface area contributed by atoms with Gasteiger partial charge in [0.25, 0.3) is 0 Å². The number of ether oxygens (including phenoxy) is 2. The smallest absolute Gasteiger partial charge is 0.231 e. The van der Waals surface area contributed by atoms with Gasteiger partial charge in [0.2, 0.25) is 12.7 Å². The number of nitrogens with zero attached hydrogens (tertiary/aromatic N) is 4. The number of benzene rings is 2. The van der Waals surface area contributed by atoms with E-state index in [1.807, 2.05) is 25.3 Å². The molecule has 2 aliphatic rings. The third-order valence-corrected chi connectivity index (χ3v) is 5.88. The highest BCUT2D eigenvalue weighted by Crippen LogP contribution is 2.33. The molecule has 5 rings (SSSR count). The number of fused-ring (bicyclic) bond motifs is 1. The lowest BCUT2D eigenvalue weighted by atomic mass is 10.1. The summed E-state index contributed by atoms with van der Waals surface area (Å²) in [5.74, 6) is 2.20. The van der Waals surface area contributed by atoms with Crippen molar-refractivity contribution in [2.45, 2.75) is 13.3 Å². The summed E-state index contributed by atoms with van der Waals surface area (Å²) in [5.41, 5.74) is 5.43. The number of hydrogen-bond donors (Lipinski definition) is 1. The molecule has 0 amide bonds. The molecule has 2 aliphatic heterocycles. The SMILES string of the molecule is Cc1cnc(Nc2ccc(N3CCN(C)CC3)cc2)nc1Cc1ccc2c(c1)OCO2. The Kier molecular flexibility index (Phi) is 5.34. The minimum Gasteiger partial charge on any atom is -0.454 e. The zero-order valence-corrected chi connectivity index (χ0v) is 18.0. The van der Waals surface area contributed by atoms with E-state index >= 15 is 0 Å². The summed E-state index contributed by atoms with van der Waals surface area (Å²) in [4.78, 5) is 14.0. The molecule has 0 bridgehead atoms. The van der Waals surface area contributed by atoms with Crippen molar-refractivity contribution in [3.8, 4) is 11.5 Å². The molecule has 7 heteroatoms.